The Morgan fingerprint density at radius 1 is 1.17 bits per heavy atom. The number of amides is 1. The minimum absolute atomic E-state index is 0.0563. The van der Waals surface area contributed by atoms with E-state index >= 15 is 0 Å². The van der Waals surface area contributed by atoms with Crippen molar-refractivity contribution in [1.29, 1.82) is 5.26 Å². The number of hydrogen-bond donors (Lipinski definition) is 1. The third-order valence-electron chi connectivity index (χ3n) is 4.44. The number of carbonyl (C=O) groups is 2. The molecule has 0 aliphatic heterocycles. The minimum Gasteiger partial charge on any atom is -0.451 e. The Balaban J connectivity index is 1.82. The first kappa shape index (κ1) is 21.4. The number of nitriles is 1. The molecule has 7 nitrogen and oxygen atoms in total. The summed E-state index contributed by atoms with van der Waals surface area (Å²) in [6, 6.07) is 14.2. The molecule has 0 radical (unpaired) electrons. The fourth-order valence-corrected chi connectivity index (χ4v) is 3.22. The lowest BCUT2D eigenvalue weighted by atomic mass is 10.2. The number of rotatable bonds is 5. The molecule has 0 bridgehead atoms. The van der Waals surface area contributed by atoms with Crippen LogP contribution in [0.2, 0.25) is 10.2 Å². The maximum Gasteiger partial charge on any atom is 0.359 e. The minimum atomic E-state index is -0.885. The molecule has 3 aromatic rings. The molecule has 0 aliphatic carbocycles. The van der Waals surface area contributed by atoms with Crippen LogP contribution in [0.1, 0.15) is 27.3 Å². The first-order valence-corrected chi connectivity index (χ1v) is 9.55. The molecule has 2 aromatic heterocycles. The molecule has 0 atom stereocenters. The predicted molar refractivity (Wildman–Crippen MR) is 113 cm³/mol. The molecule has 0 saturated heterocycles. The maximum atomic E-state index is 12.5. The molecule has 9 heteroatoms. The smallest absolute Gasteiger partial charge is 0.359 e. The molecular weight excluding hydrogens is 427 g/mol. The van der Waals surface area contributed by atoms with E-state index in [1.54, 1.807) is 11.5 Å². The Morgan fingerprint density at radius 3 is 2.53 bits per heavy atom. The molecule has 0 fully saturated rings. The third-order valence-corrected chi connectivity index (χ3v) is 4.95. The highest BCUT2D eigenvalue weighted by Gasteiger charge is 2.22. The van der Waals surface area contributed by atoms with E-state index in [4.69, 9.17) is 27.9 Å². The number of ether oxygens (including phenoxy) is 1. The van der Waals surface area contributed by atoms with Gasteiger partial charge in [-0.3, -0.25) is 9.36 Å². The van der Waals surface area contributed by atoms with E-state index in [1.165, 1.54) is 12.1 Å². The van der Waals surface area contributed by atoms with Crippen LogP contribution < -0.4 is 5.32 Å². The van der Waals surface area contributed by atoms with E-state index in [1.807, 2.05) is 37.3 Å². The summed E-state index contributed by atoms with van der Waals surface area (Å²) < 4.78 is 6.77. The average molecular weight is 443 g/mol. The van der Waals surface area contributed by atoms with Crippen LogP contribution in [0.4, 0.5) is 5.82 Å². The van der Waals surface area contributed by atoms with Gasteiger partial charge in [0.05, 0.1) is 10.6 Å². The van der Waals surface area contributed by atoms with Crippen molar-refractivity contribution < 1.29 is 14.3 Å². The number of anilines is 1. The van der Waals surface area contributed by atoms with E-state index in [2.05, 4.69) is 16.4 Å². The molecule has 1 N–H and O–H groups in total. The number of nitrogens with zero attached hydrogens (tertiary/aromatic N) is 3. The van der Waals surface area contributed by atoms with E-state index in [0.717, 1.165) is 16.9 Å². The topological polar surface area (TPSA) is 97.0 Å². The maximum absolute atomic E-state index is 12.5. The largest absolute Gasteiger partial charge is 0.451 e. The van der Waals surface area contributed by atoms with Gasteiger partial charge in [-0.25, -0.2) is 9.78 Å². The highest BCUT2D eigenvalue weighted by atomic mass is 35.5. The first-order valence-electron chi connectivity index (χ1n) is 8.80. The zero-order chi connectivity index (χ0) is 21.8. The zero-order valence-electron chi connectivity index (χ0n) is 16.1. The Hall–Kier alpha value is -3.34. The quantitative estimate of drug-likeness (QED) is 0.464. The van der Waals surface area contributed by atoms with Gasteiger partial charge in [0, 0.05) is 11.4 Å². The van der Waals surface area contributed by atoms with Gasteiger partial charge >= 0.3 is 5.97 Å². The van der Waals surface area contributed by atoms with Crippen molar-refractivity contribution in [2.24, 2.45) is 0 Å². The SMILES string of the molecule is Cc1c(C#N)c(NC(=O)COC(=O)c2nc(Cl)ccc2Cl)n(-c2ccccc2)c1C. The molecule has 3 rings (SSSR count). The molecule has 1 amide bonds. The second-order valence-electron chi connectivity index (χ2n) is 6.31. The molecule has 0 unspecified atom stereocenters. The molecule has 30 heavy (non-hydrogen) atoms. The fraction of sp³-hybridized carbons (Fsp3) is 0.143. The second kappa shape index (κ2) is 8.99. The Labute approximate surface area is 182 Å². The molecule has 152 valence electrons. The molecule has 0 spiro atoms. The van der Waals surface area contributed by atoms with Gasteiger partial charge in [-0.15, -0.1) is 0 Å². The van der Waals surface area contributed by atoms with Gasteiger partial charge in [-0.05, 0) is 43.7 Å². The Kier molecular flexibility index (Phi) is 6.40. The lowest BCUT2D eigenvalue weighted by Gasteiger charge is -2.13. The van der Waals surface area contributed by atoms with E-state index in [-0.39, 0.29) is 15.9 Å². The van der Waals surface area contributed by atoms with Crippen molar-refractivity contribution >= 4 is 40.9 Å². The van der Waals surface area contributed by atoms with Crippen LogP contribution in [-0.2, 0) is 9.53 Å². The lowest BCUT2D eigenvalue weighted by Crippen LogP contribution is -2.23. The summed E-state index contributed by atoms with van der Waals surface area (Å²) in [5.74, 6) is -1.20. The standard InChI is InChI=1S/C21H16Cl2N4O3/c1-12-13(2)27(14-6-4-3-5-7-14)20(15(12)10-24)26-18(28)11-30-21(29)19-16(22)8-9-17(23)25-19/h3-9H,11H2,1-2H3,(H,26,28). The second-order valence-corrected chi connectivity index (χ2v) is 7.10. The highest BCUT2D eigenvalue weighted by molar-refractivity contribution is 6.34. The van der Waals surface area contributed by atoms with Crippen LogP contribution in [0, 0.1) is 25.2 Å². The van der Waals surface area contributed by atoms with Crippen molar-refractivity contribution in [2.45, 2.75) is 13.8 Å². The zero-order valence-corrected chi connectivity index (χ0v) is 17.6. The van der Waals surface area contributed by atoms with E-state index in [9.17, 15) is 14.9 Å². The summed E-state index contributed by atoms with van der Waals surface area (Å²) >= 11 is 11.7. The average Bonchev–Trinajstić information content (AvgIpc) is 2.97. The molecule has 0 aliphatic rings. The van der Waals surface area contributed by atoms with Crippen LogP contribution in [0.25, 0.3) is 5.69 Å². The highest BCUT2D eigenvalue weighted by Crippen LogP contribution is 2.29. The number of benzene rings is 1. The summed E-state index contributed by atoms with van der Waals surface area (Å²) in [5, 5.41) is 12.4. The number of halogens is 2. The predicted octanol–water partition coefficient (Wildman–Crippen LogP) is 4.46. The molecular formula is C21H16Cl2N4O3. The van der Waals surface area contributed by atoms with Gasteiger partial charge in [-0.1, -0.05) is 41.4 Å². The first-order chi connectivity index (χ1) is 14.3. The number of hydrogen-bond acceptors (Lipinski definition) is 5. The summed E-state index contributed by atoms with van der Waals surface area (Å²) in [5.41, 5.74) is 2.47. The molecule has 1 aromatic carbocycles. The lowest BCUT2D eigenvalue weighted by molar-refractivity contribution is -0.119. The Bertz CT molecular complexity index is 1170. The van der Waals surface area contributed by atoms with Crippen LogP contribution >= 0.6 is 23.2 Å². The van der Waals surface area contributed by atoms with Gasteiger partial charge in [0.15, 0.2) is 12.3 Å². The van der Waals surface area contributed by atoms with Crippen LogP contribution in [0.3, 0.4) is 0 Å². The van der Waals surface area contributed by atoms with Crippen LogP contribution in [0.5, 0.6) is 0 Å². The summed E-state index contributed by atoms with van der Waals surface area (Å²) in [6.07, 6.45) is 0. The monoisotopic (exact) mass is 442 g/mol. The van der Waals surface area contributed by atoms with E-state index < -0.39 is 18.5 Å². The molecule has 2 heterocycles. The fourth-order valence-electron chi connectivity index (χ4n) is 2.89. The van der Waals surface area contributed by atoms with Crippen molar-refractivity contribution in [3.05, 3.63) is 75.2 Å². The number of carbonyl (C=O) groups excluding carboxylic acids is 2. The molecule has 0 saturated carbocycles. The van der Waals surface area contributed by atoms with Gasteiger partial charge in [0.1, 0.15) is 17.0 Å². The summed E-state index contributed by atoms with van der Waals surface area (Å²) in [4.78, 5) is 28.5. The number of aromatic nitrogens is 2. The van der Waals surface area contributed by atoms with Gasteiger partial charge in [0.25, 0.3) is 5.91 Å². The van der Waals surface area contributed by atoms with E-state index in [0.29, 0.717) is 11.4 Å². The van der Waals surface area contributed by atoms with Crippen molar-refractivity contribution in [3.63, 3.8) is 0 Å². The van der Waals surface area contributed by atoms with Crippen LogP contribution in [-0.4, -0.2) is 28.0 Å². The van der Waals surface area contributed by atoms with Gasteiger partial charge in [0.2, 0.25) is 0 Å². The Morgan fingerprint density at radius 2 is 1.87 bits per heavy atom. The summed E-state index contributed by atoms with van der Waals surface area (Å²) in [7, 11) is 0. The number of pyridine rings is 1. The van der Waals surface area contributed by atoms with Crippen molar-refractivity contribution in [2.75, 3.05) is 11.9 Å². The van der Waals surface area contributed by atoms with Gasteiger partial charge < -0.3 is 10.1 Å². The van der Waals surface area contributed by atoms with Crippen molar-refractivity contribution in [1.82, 2.24) is 9.55 Å². The number of para-hydroxylation sites is 1. The normalized spacial score (nSPS) is 10.4. The van der Waals surface area contributed by atoms with Crippen molar-refractivity contribution in [3.8, 4) is 11.8 Å². The van der Waals surface area contributed by atoms with Crippen LogP contribution in [0.15, 0.2) is 42.5 Å². The summed E-state index contributed by atoms with van der Waals surface area (Å²) in [6.45, 7) is 3.06. The number of esters is 1. The third kappa shape index (κ3) is 4.30. The number of nitrogens with one attached hydrogen (secondary N) is 1. The van der Waals surface area contributed by atoms with Gasteiger partial charge in [-0.2, -0.15) is 5.26 Å².